The fraction of sp³-hybridized carbons (Fsp3) is 0.158. The molecule has 0 aliphatic carbocycles. The Morgan fingerprint density at radius 2 is 1.71 bits per heavy atom. The van der Waals surface area contributed by atoms with Crippen LogP contribution >= 0.6 is 0 Å². The van der Waals surface area contributed by atoms with Crippen molar-refractivity contribution in [3.8, 4) is 11.5 Å². The Labute approximate surface area is 139 Å². The van der Waals surface area contributed by atoms with Gasteiger partial charge in [-0.05, 0) is 55.2 Å². The smallest absolute Gasteiger partial charge is 0.339 e. The van der Waals surface area contributed by atoms with Gasteiger partial charge in [0.2, 0.25) is 0 Å². The summed E-state index contributed by atoms with van der Waals surface area (Å²) in [6.45, 7) is 7.04. The minimum atomic E-state index is -1.34. The lowest BCUT2D eigenvalue weighted by atomic mass is 9.94. The van der Waals surface area contributed by atoms with Gasteiger partial charge >= 0.3 is 5.97 Å². The van der Waals surface area contributed by atoms with Crippen LogP contribution < -0.4 is 0 Å². The van der Waals surface area contributed by atoms with Crippen LogP contribution in [0.3, 0.4) is 0 Å². The van der Waals surface area contributed by atoms with Gasteiger partial charge in [-0.1, -0.05) is 12.1 Å². The SMILES string of the molecule is C=CCc1cc(C(=O)c2cc(C)cc(C)c2O)cc(C(=O)O)c1O. The fourth-order valence-electron chi connectivity index (χ4n) is 2.59. The minimum Gasteiger partial charge on any atom is -0.507 e. The number of carboxylic acids is 1. The summed E-state index contributed by atoms with van der Waals surface area (Å²) >= 11 is 0. The van der Waals surface area contributed by atoms with Gasteiger partial charge < -0.3 is 15.3 Å². The third kappa shape index (κ3) is 3.15. The number of allylic oxidation sites excluding steroid dienone is 1. The van der Waals surface area contributed by atoms with Gasteiger partial charge in [0.15, 0.2) is 5.78 Å². The molecule has 0 spiro atoms. The average molecular weight is 326 g/mol. The van der Waals surface area contributed by atoms with Crippen molar-refractivity contribution in [3.63, 3.8) is 0 Å². The van der Waals surface area contributed by atoms with Crippen LogP contribution in [0.15, 0.2) is 36.9 Å². The molecule has 0 saturated carbocycles. The van der Waals surface area contributed by atoms with Crippen LogP contribution in [0, 0.1) is 13.8 Å². The molecule has 5 nitrogen and oxygen atoms in total. The van der Waals surface area contributed by atoms with E-state index in [9.17, 15) is 24.9 Å². The first-order valence-corrected chi connectivity index (χ1v) is 7.31. The number of carboxylic acid groups (broad SMARTS) is 1. The van der Waals surface area contributed by atoms with Crippen molar-refractivity contribution in [3.05, 3.63) is 70.3 Å². The van der Waals surface area contributed by atoms with Crippen LogP contribution in [0.25, 0.3) is 0 Å². The Morgan fingerprint density at radius 1 is 1.04 bits per heavy atom. The van der Waals surface area contributed by atoms with Crippen LogP contribution in [0.5, 0.6) is 11.5 Å². The highest BCUT2D eigenvalue weighted by Crippen LogP contribution is 2.30. The number of aromatic hydroxyl groups is 2. The molecule has 0 amide bonds. The number of carbonyl (C=O) groups excluding carboxylic acids is 1. The van der Waals surface area contributed by atoms with Crippen LogP contribution in [0.2, 0.25) is 0 Å². The van der Waals surface area contributed by atoms with E-state index in [4.69, 9.17) is 0 Å². The number of aryl methyl sites for hydroxylation is 2. The number of hydrogen-bond donors (Lipinski definition) is 3. The third-order valence-corrected chi connectivity index (χ3v) is 3.74. The zero-order chi connectivity index (χ0) is 18.0. The van der Waals surface area contributed by atoms with E-state index in [2.05, 4.69) is 6.58 Å². The molecule has 0 atom stereocenters. The molecule has 2 rings (SSSR count). The van der Waals surface area contributed by atoms with E-state index < -0.39 is 11.8 Å². The highest BCUT2D eigenvalue weighted by molar-refractivity contribution is 6.12. The Kier molecular flexibility index (Phi) is 4.74. The molecule has 0 radical (unpaired) electrons. The summed E-state index contributed by atoms with van der Waals surface area (Å²) in [5.74, 6) is -2.37. The van der Waals surface area contributed by atoms with E-state index in [1.54, 1.807) is 26.0 Å². The largest absolute Gasteiger partial charge is 0.507 e. The van der Waals surface area contributed by atoms with Gasteiger partial charge in [0, 0.05) is 5.56 Å². The van der Waals surface area contributed by atoms with Crippen molar-refractivity contribution in [2.75, 3.05) is 0 Å². The molecule has 2 aromatic carbocycles. The van der Waals surface area contributed by atoms with Crippen LogP contribution in [0.1, 0.15) is 43.0 Å². The molecule has 124 valence electrons. The van der Waals surface area contributed by atoms with Crippen LogP contribution in [-0.4, -0.2) is 27.1 Å². The van der Waals surface area contributed by atoms with Crippen molar-refractivity contribution < 1.29 is 24.9 Å². The number of phenolic OH excluding ortho intramolecular Hbond substituents is 1. The van der Waals surface area contributed by atoms with Gasteiger partial charge in [-0.2, -0.15) is 0 Å². The first-order valence-electron chi connectivity index (χ1n) is 7.31. The van der Waals surface area contributed by atoms with Crippen molar-refractivity contribution >= 4 is 11.8 Å². The summed E-state index contributed by atoms with van der Waals surface area (Å²) in [6.07, 6.45) is 1.72. The number of ketones is 1. The minimum absolute atomic E-state index is 0.0855. The van der Waals surface area contributed by atoms with Gasteiger partial charge in [0.05, 0.1) is 5.56 Å². The number of rotatable bonds is 5. The molecule has 0 heterocycles. The van der Waals surface area contributed by atoms with E-state index in [-0.39, 0.29) is 40.2 Å². The fourth-order valence-corrected chi connectivity index (χ4v) is 2.59. The zero-order valence-corrected chi connectivity index (χ0v) is 13.5. The molecule has 0 bridgehead atoms. The predicted octanol–water partition coefficient (Wildman–Crippen LogP) is 3.37. The highest BCUT2D eigenvalue weighted by Gasteiger charge is 2.21. The number of hydrogen-bond acceptors (Lipinski definition) is 4. The molecule has 0 aliphatic heterocycles. The molecular formula is C19H18O5. The normalized spacial score (nSPS) is 10.4. The summed E-state index contributed by atoms with van der Waals surface area (Å²) in [7, 11) is 0. The Bertz CT molecular complexity index is 849. The van der Waals surface area contributed by atoms with Crippen molar-refractivity contribution in [1.82, 2.24) is 0 Å². The van der Waals surface area contributed by atoms with E-state index in [0.29, 0.717) is 5.56 Å². The van der Waals surface area contributed by atoms with Gasteiger partial charge in [-0.25, -0.2) is 4.79 Å². The van der Waals surface area contributed by atoms with E-state index >= 15 is 0 Å². The maximum Gasteiger partial charge on any atom is 0.339 e. The van der Waals surface area contributed by atoms with Crippen molar-refractivity contribution in [2.45, 2.75) is 20.3 Å². The summed E-state index contributed by atoms with van der Waals surface area (Å²) < 4.78 is 0. The molecule has 3 N–H and O–H groups in total. The first-order chi connectivity index (χ1) is 11.3. The summed E-state index contributed by atoms with van der Waals surface area (Å²) in [6, 6.07) is 5.83. The average Bonchev–Trinajstić information content (AvgIpc) is 2.52. The second kappa shape index (κ2) is 6.58. The topological polar surface area (TPSA) is 94.8 Å². The summed E-state index contributed by atoms with van der Waals surface area (Å²) in [5, 5.41) is 29.4. The van der Waals surface area contributed by atoms with E-state index in [1.165, 1.54) is 12.1 Å². The molecule has 5 heteroatoms. The van der Waals surface area contributed by atoms with Crippen LogP contribution in [-0.2, 0) is 6.42 Å². The number of aromatic carboxylic acids is 1. The van der Waals surface area contributed by atoms with Crippen molar-refractivity contribution in [1.29, 1.82) is 0 Å². The van der Waals surface area contributed by atoms with Gasteiger partial charge in [0.1, 0.15) is 17.1 Å². The predicted molar refractivity (Wildman–Crippen MR) is 90.0 cm³/mol. The first kappa shape index (κ1) is 17.3. The standard InChI is InChI=1S/C19H18O5/c1-4-5-12-8-13(9-15(17(12)21)19(23)24)18(22)14-7-10(2)6-11(3)16(14)20/h4,6-9,20-21H,1,5H2,2-3H3,(H,23,24). The van der Waals surface area contributed by atoms with Gasteiger partial charge in [-0.15, -0.1) is 6.58 Å². The quantitative estimate of drug-likeness (QED) is 0.578. The summed E-state index contributed by atoms with van der Waals surface area (Å²) in [5.41, 5.74) is 1.47. The Hall–Kier alpha value is -3.08. The second-order valence-corrected chi connectivity index (χ2v) is 5.64. The van der Waals surface area contributed by atoms with Crippen LogP contribution in [0.4, 0.5) is 0 Å². The summed E-state index contributed by atoms with van der Waals surface area (Å²) in [4.78, 5) is 24.1. The monoisotopic (exact) mass is 326 g/mol. The van der Waals surface area contributed by atoms with E-state index in [0.717, 1.165) is 11.6 Å². The second-order valence-electron chi connectivity index (χ2n) is 5.64. The lowest BCUT2D eigenvalue weighted by molar-refractivity contribution is 0.0693. The molecule has 2 aromatic rings. The Morgan fingerprint density at radius 3 is 2.29 bits per heavy atom. The lowest BCUT2D eigenvalue weighted by Crippen LogP contribution is -2.08. The third-order valence-electron chi connectivity index (χ3n) is 3.74. The maximum atomic E-state index is 12.8. The van der Waals surface area contributed by atoms with Gasteiger partial charge in [0.25, 0.3) is 0 Å². The highest BCUT2D eigenvalue weighted by atomic mass is 16.4. The van der Waals surface area contributed by atoms with Crippen molar-refractivity contribution in [2.24, 2.45) is 0 Å². The molecule has 0 aliphatic rings. The maximum absolute atomic E-state index is 12.8. The molecule has 0 aromatic heterocycles. The number of benzene rings is 2. The molecule has 0 saturated heterocycles. The van der Waals surface area contributed by atoms with Gasteiger partial charge in [-0.3, -0.25) is 4.79 Å². The number of phenols is 2. The van der Waals surface area contributed by atoms with E-state index in [1.807, 2.05) is 0 Å². The molecular weight excluding hydrogens is 308 g/mol. The number of carbonyl (C=O) groups is 2. The molecule has 24 heavy (non-hydrogen) atoms. The molecule has 0 fully saturated rings. The Balaban J connectivity index is 2.66. The lowest BCUT2D eigenvalue weighted by Gasteiger charge is -2.12. The molecule has 0 unspecified atom stereocenters. The zero-order valence-electron chi connectivity index (χ0n) is 13.5.